The van der Waals surface area contributed by atoms with E-state index in [-0.39, 0.29) is 5.91 Å². The molecule has 0 saturated carbocycles. The number of amides is 1. The third-order valence-corrected chi connectivity index (χ3v) is 6.09. The van der Waals surface area contributed by atoms with Crippen molar-refractivity contribution in [2.24, 2.45) is 0 Å². The molecular weight excluding hydrogens is 587 g/mol. The maximum absolute atomic E-state index is 12.2. The molecule has 1 rings (SSSR count). The fraction of sp³-hybridized carbons (Fsp3) is 0.333. The molecule has 4 nitrogen and oxygen atoms in total. The fourth-order valence-corrected chi connectivity index (χ4v) is 3.90. The lowest BCUT2D eigenvalue weighted by atomic mass is 10.1. The van der Waals surface area contributed by atoms with E-state index in [4.69, 9.17) is 5.11 Å². The number of hydrogen-bond donors (Lipinski definition) is 2. The monoisotopic (exact) mass is 599 g/mol. The van der Waals surface area contributed by atoms with Gasteiger partial charge in [0.2, 0.25) is 0 Å². The van der Waals surface area contributed by atoms with Crippen LogP contribution >= 0.6 is 67.8 Å². The molecule has 1 atom stereocenters. The topological polar surface area (TPSA) is 66.4 Å². The summed E-state index contributed by atoms with van der Waals surface area (Å²) in [5, 5.41) is 11.6. The second-order valence-corrected chi connectivity index (χ2v) is 7.39. The predicted octanol–water partition coefficient (Wildman–Crippen LogP) is 3.48. The Hall–Kier alpha value is 0.350. The minimum absolute atomic E-state index is 0.332. The number of carboxylic acid groups (broad SMARTS) is 1. The summed E-state index contributed by atoms with van der Waals surface area (Å²) in [6.45, 7) is 1.89. The first-order chi connectivity index (χ1) is 8.86. The predicted molar refractivity (Wildman–Crippen MR) is 98.4 cm³/mol. The Morgan fingerprint density at radius 3 is 2.47 bits per heavy atom. The third-order valence-electron chi connectivity index (χ3n) is 2.42. The van der Waals surface area contributed by atoms with E-state index >= 15 is 0 Å². The van der Waals surface area contributed by atoms with Crippen molar-refractivity contribution in [3.63, 3.8) is 0 Å². The highest BCUT2D eigenvalue weighted by Gasteiger charge is 2.21. The summed E-state index contributed by atoms with van der Waals surface area (Å²) < 4.78 is 2.78. The molecule has 0 heterocycles. The minimum Gasteiger partial charge on any atom is -0.480 e. The number of carbonyl (C=O) groups excluding carboxylic acids is 1. The summed E-state index contributed by atoms with van der Waals surface area (Å²) in [6, 6.07) is 2.91. The summed E-state index contributed by atoms with van der Waals surface area (Å²) in [5.74, 6) is -1.33. The molecule has 0 unspecified atom stereocenters. The Kier molecular flexibility index (Phi) is 7.29. The molecule has 2 N–H and O–H groups in total. The average Bonchev–Trinajstić information content (AvgIpc) is 2.32. The van der Waals surface area contributed by atoms with Gasteiger partial charge in [-0.05, 0) is 86.3 Å². The van der Waals surface area contributed by atoms with Gasteiger partial charge in [-0.1, -0.05) is 13.3 Å². The summed E-state index contributed by atoms with van der Waals surface area (Å²) in [5.41, 5.74) is 0.527. The highest BCUT2D eigenvalue weighted by Crippen LogP contribution is 2.23. The maximum Gasteiger partial charge on any atom is 0.326 e. The molecule has 1 aromatic carbocycles. The van der Waals surface area contributed by atoms with Crippen LogP contribution in [0.15, 0.2) is 12.1 Å². The number of nitrogens with one attached hydrogen (secondary N) is 1. The van der Waals surface area contributed by atoms with Crippen molar-refractivity contribution in [2.45, 2.75) is 25.8 Å². The van der Waals surface area contributed by atoms with Gasteiger partial charge in [-0.25, -0.2) is 4.79 Å². The van der Waals surface area contributed by atoms with E-state index in [1.807, 2.05) is 13.0 Å². The molecule has 104 valence electrons. The van der Waals surface area contributed by atoms with Crippen LogP contribution < -0.4 is 5.32 Å². The average molecular weight is 599 g/mol. The van der Waals surface area contributed by atoms with Crippen LogP contribution in [0.2, 0.25) is 0 Å². The van der Waals surface area contributed by atoms with Crippen LogP contribution in [0.3, 0.4) is 0 Å². The van der Waals surface area contributed by atoms with Crippen molar-refractivity contribution >= 4 is 79.6 Å². The highest BCUT2D eigenvalue weighted by molar-refractivity contribution is 14.1. The Labute approximate surface area is 152 Å². The summed E-state index contributed by atoms with van der Waals surface area (Å²) in [7, 11) is 0. The lowest BCUT2D eigenvalue weighted by Crippen LogP contribution is -2.41. The van der Waals surface area contributed by atoms with Gasteiger partial charge in [-0.3, -0.25) is 4.79 Å². The van der Waals surface area contributed by atoms with Gasteiger partial charge < -0.3 is 10.4 Å². The molecule has 0 aromatic heterocycles. The lowest BCUT2D eigenvalue weighted by molar-refractivity contribution is -0.139. The molecule has 0 saturated heterocycles. The van der Waals surface area contributed by atoms with Crippen LogP contribution in [0.25, 0.3) is 0 Å². The van der Waals surface area contributed by atoms with Crippen molar-refractivity contribution in [1.82, 2.24) is 5.32 Å². The molecular formula is C12H12I3NO3. The number of benzene rings is 1. The summed E-state index contributed by atoms with van der Waals surface area (Å²) in [6.07, 6.45) is 1.14. The summed E-state index contributed by atoms with van der Waals surface area (Å²) in [4.78, 5) is 23.2. The van der Waals surface area contributed by atoms with Crippen molar-refractivity contribution in [3.05, 3.63) is 28.4 Å². The van der Waals surface area contributed by atoms with Crippen LogP contribution in [0.5, 0.6) is 0 Å². The number of carboxylic acids is 1. The fourth-order valence-electron chi connectivity index (χ4n) is 1.50. The van der Waals surface area contributed by atoms with Gasteiger partial charge in [-0.2, -0.15) is 0 Å². The van der Waals surface area contributed by atoms with E-state index in [0.29, 0.717) is 18.4 Å². The van der Waals surface area contributed by atoms with Crippen LogP contribution in [-0.4, -0.2) is 23.0 Å². The van der Waals surface area contributed by atoms with Crippen LogP contribution in [0.4, 0.5) is 0 Å². The highest BCUT2D eigenvalue weighted by atomic mass is 127. The zero-order valence-electron chi connectivity index (χ0n) is 10.0. The SMILES string of the molecule is CCC[C@H](NC(=O)c1cc(I)cc(I)c1I)C(=O)O. The lowest BCUT2D eigenvalue weighted by Gasteiger charge is -2.15. The van der Waals surface area contributed by atoms with Gasteiger partial charge >= 0.3 is 5.97 Å². The summed E-state index contributed by atoms with van der Waals surface area (Å²) >= 11 is 6.41. The molecule has 0 radical (unpaired) electrons. The normalized spacial score (nSPS) is 12.0. The first kappa shape index (κ1) is 17.4. The molecule has 0 aliphatic heterocycles. The molecule has 0 aliphatic carbocycles. The van der Waals surface area contributed by atoms with Crippen molar-refractivity contribution < 1.29 is 14.7 Å². The van der Waals surface area contributed by atoms with Gasteiger partial charge in [0.05, 0.1) is 5.56 Å². The quantitative estimate of drug-likeness (QED) is 0.403. The first-order valence-electron chi connectivity index (χ1n) is 5.55. The second-order valence-electron chi connectivity index (χ2n) is 3.90. The third kappa shape index (κ3) is 4.99. The number of aliphatic carboxylic acids is 1. The number of rotatable bonds is 5. The smallest absolute Gasteiger partial charge is 0.326 e. The zero-order chi connectivity index (χ0) is 14.6. The van der Waals surface area contributed by atoms with E-state index in [9.17, 15) is 9.59 Å². The van der Waals surface area contributed by atoms with Gasteiger partial charge in [-0.15, -0.1) is 0 Å². The van der Waals surface area contributed by atoms with E-state index in [0.717, 1.165) is 10.7 Å². The zero-order valence-corrected chi connectivity index (χ0v) is 16.5. The van der Waals surface area contributed by atoms with Gasteiger partial charge in [0, 0.05) is 10.7 Å². The molecule has 19 heavy (non-hydrogen) atoms. The van der Waals surface area contributed by atoms with Crippen LogP contribution in [0, 0.1) is 10.7 Å². The van der Waals surface area contributed by atoms with Crippen molar-refractivity contribution in [2.75, 3.05) is 0 Å². The molecule has 0 fully saturated rings. The first-order valence-corrected chi connectivity index (χ1v) is 8.78. The van der Waals surface area contributed by atoms with E-state index in [2.05, 4.69) is 73.1 Å². The van der Waals surface area contributed by atoms with E-state index < -0.39 is 12.0 Å². The minimum atomic E-state index is -0.995. The van der Waals surface area contributed by atoms with Crippen molar-refractivity contribution in [1.29, 1.82) is 0 Å². The van der Waals surface area contributed by atoms with Gasteiger partial charge in [0.25, 0.3) is 5.91 Å². The number of hydrogen-bond acceptors (Lipinski definition) is 2. The van der Waals surface area contributed by atoms with E-state index in [1.165, 1.54) is 0 Å². The number of halogens is 3. The van der Waals surface area contributed by atoms with Crippen LogP contribution in [0.1, 0.15) is 30.1 Å². The molecule has 1 amide bonds. The Morgan fingerprint density at radius 1 is 1.32 bits per heavy atom. The number of carbonyl (C=O) groups is 2. The van der Waals surface area contributed by atoms with Crippen LogP contribution in [-0.2, 0) is 4.79 Å². The molecule has 1 aromatic rings. The largest absolute Gasteiger partial charge is 0.480 e. The second kappa shape index (κ2) is 7.96. The Bertz CT molecular complexity index is 505. The molecule has 0 bridgehead atoms. The molecule has 0 spiro atoms. The molecule has 0 aliphatic rings. The van der Waals surface area contributed by atoms with Gasteiger partial charge in [0.1, 0.15) is 6.04 Å². The molecule has 7 heteroatoms. The standard InChI is InChI=1S/C12H12I3NO3/c1-2-3-9(12(18)19)16-11(17)7-4-6(13)5-8(14)10(7)15/h4-5,9H,2-3H2,1H3,(H,16,17)(H,18,19)/t9-/m0/s1. The van der Waals surface area contributed by atoms with Crippen molar-refractivity contribution in [3.8, 4) is 0 Å². The van der Waals surface area contributed by atoms with E-state index in [1.54, 1.807) is 6.07 Å². The van der Waals surface area contributed by atoms with Gasteiger partial charge in [0.15, 0.2) is 0 Å². The Morgan fingerprint density at radius 2 is 1.95 bits per heavy atom. The maximum atomic E-state index is 12.2. The Balaban J connectivity index is 2.97.